The molecule has 1 aromatic rings. The molecule has 2 fully saturated rings. The van der Waals surface area contributed by atoms with Crippen LogP contribution in [0.3, 0.4) is 0 Å². The maximum absolute atomic E-state index is 4.43. The zero-order chi connectivity index (χ0) is 11.7. The zero-order valence-electron chi connectivity index (χ0n) is 10.4. The van der Waals surface area contributed by atoms with Crippen LogP contribution in [0.1, 0.15) is 31.2 Å². The average Bonchev–Trinajstić information content (AvgIpc) is 3.07. The van der Waals surface area contributed by atoms with E-state index in [1.165, 1.54) is 37.4 Å². The van der Waals surface area contributed by atoms with Crippen LogP contribution in [-0.4, -0.2) is 35.1 Å². The Kier molecular flexibility index (Phi) is 3.45. The molecule has 2 heterocycles. The Morgan fingerprint density at radius 2 is 2.41 bits per heavy atom. The molecular formula is C13H21N3S. The number of nitrogens with zero attached hydrogens (tertiary/aromatic N) is 2. The second kappa shape index (κ2) is 5.04. The Balaban J connectivity index is 1.67. The highest BCUT2D eigenvalue weighted by molar-refractivity contribution is 7.09. The topological polar surface area (TPSA) is 28.2 Å². The first-order chi connectivity index (χ1) is 8.36. The number of nitrogens with one attached hydrogen (secondary N) is 1. The molecule has 0 spiro atoms. The van der Waals surface area contributed by atoms with Crippen molar-refractivity contribution in [2.45, 2.75) is 44.8 Å². The van der Waals surface area contributed by atoms with Crippen LogP contribution >= 0.6 is 11.3 Å². The molecule has 1 aliphatic heterocycles. The summed E-state index contributed by atoms with van der Waals surface area (Å²) in [7, 11) is 0. The summed E-state index contributed by atoms with van der Waals surface area (Å²) in [5, 5.41) is 7.05. The summed E-state index contributed by atoms with van der Waals surface area (Å²) in [6, 6.07) is 1.42. The van der Waals surface area contributed by atoms with Gasteiger partial charge in [-0.2, -0.15) is 0 Å². The lowest BCUT2D eigenvalue weighted by molar-refractivity contribution is 0.106. The van der Waals surface area contributed by atoms with Gasteiger partial charge in [0.25, 0.3) is 0 Å². The van der Waals surface area contributed by atoms with Crippen LogP contribution < -0.4 is 5.32 Å². The van der Waals surface area contributed by atoms with Crippen molar-refractivity contribution in [1.29, 1.82) is 0 Å². The predicted octanol–water partition coefficient (Wildman–Crippen LogP) is 2.11. The Morgan fingerprint density at radius 3 is 3.06 bits per heavy atom. The smallest absolute Gasteiger partial charge is 0.107 e. The SMILES string of the molecule is CCC1CN(Cc2nccs2)C(C2CC2)CN1. The summed E-state index contributed by atoms with van der Waals surface area (Å²) in [6.45, 7) is 5.69. The molecule has 1 saturated heterocycles. The summed E-state index contributed by atoms with van der Waals surface area (Å²) in [6.07, 6.45) is 6.01. The Hall–Kier alpha value is -0.450. The largest absolute Gasteiger partial charge is 0.311 e. The highest BCUT2D eigenvalue weighted by atomic mass is 32.1. The van der Waals surface area contributed by atoms with Crippen molar-refractivity contribution in [3.63, 3.8) is 0 Å². The third-order valence-electron chi connectivity index (χ3n) is 4.02. The second-order valence-electron chi connectivity index (χ2n) is 5.27. The molecule has 1 N–H and O–H groups in total. The Morgan fingerprint density at radius 1 is 1.53 bits per heavy atom. The van der Waals surface area contributed by atoms with Gasteiger partial charge in [-0.25, -0.2) is 4.98 Å². The van der Waals surface area contributed by atoms with Gasteiger partial charge in [0.05, 0.1) is 6.54 Å². The fourth-order valence-electron chi connectivity index (χ4n) is 2.81. The van der Waals surface area contributed by atoms with Gasteiger partial charge < -0.3 is 5.32 Å². The molecule has 1 aromatic heterocycles. The molecule has 2 unspecified atom stereocenters. The molecule has 0 bridgehead atoms. The molecule has 0 amide bonds. The molecular weight excluding hydrogens is 230 g/mol. The van der Waals surface area contributed by atoms with Gasteiger partial charge in [-0.3, -0.25) is 4.90 Å². The third kappa shape index (κ3) is 2.69. The molecule has 2 atom stereocenters. The van der Waals surface area contributed by atoms with Crippen LogP contribution in [0.15, 0.2) is 11.6 Å². The zero-order valence-corrected chi connectivity index (χ0v) is 11.2. The molecule has 1 aliphatic carbocycles. The van der Waals surface area contributed by atoms with Crippen molar-refractivity contribution < 1.29 is 0 Å². The molecule has 2 aliphatic rings. The molecule has 3 rings (SSSR count). The maximum Gasteiger partial charge on any atom is 0.107 e. The summed E-state index contributed by atoms with van der Waals surface area (Å²) in [5.41, 5.74) is 0. The van der Waals surface area contributed by atoms with E-state index in [2.05, 4.69) is 27.5 Å². The van der Waals surface area contributed by atoms with Crippen LogP contribution in [0.2, 0.25) is 0 Å². The van der Waals surface area contributed by atoms with Crippen LogP contribution in [0.4, 0.5) is 0 Å². The Labute approximate surface area is 107 Å². The number of rotatable bonds is 4. The van der Waals surface area contributed by atoms with E-state index in [1.807, 2.05) is 6.20 Å². The van der Waals surface area contributed by atoms with Crippen LogP contribution in [0, 0.1) is 5.92 Å². The monoisotopic (exact) mass is 251 g/mol. The number of piperazine rings is 1. The third-order valence-corrected chi connectivity index (χ3v) is 4.78. The highest BCUT2D eigenvalue weighted by Gasteiger charge is 2.38. The number of aromatic nitrogens is 1. The quantitative estimate of drug-likeness (QED) is 0.888. The first kappa shape index (κ1) is 11.6. The fourth-order valence-corrected chi connectivity index (χ4v) is 3.45. The molecule has 0 aromatic carbocycles. The van der Waals surface area contributed by atoms with Gasteiger partial charge in [0.2, 0.25) is 0 Å². The molecule has 94 valence electrons. The minimum Gasteiger partial charge on any atom is -0.311 e. The summed E-state index contributed by atoms with van der Waals surface area (Å²) < 4.78 is 0. The van der Waals surface area contributed by atoms with E-state index in [9.17, 15) is 0 Å². The van der Waals surface area contributed by atoms with Gasteiger partial charge in [-0.1, -0.05) is 6.92 Å². The van der Waals surface area contributed by atoms with Crippen molar-refractivity contribution in [2.75, 3.05) is 13.1 Å². The minimum absolute atomic E-state index is 0.671. The lowest BCUT2D eigenvalue weighted by Gasteiger charge is -2.40. The van der Waals surface area contributed by atoms with Crippen molar-refractivity contribution >= 4 is 11.3 Å². The van der Waals surface area contributed by atoms with E-state index in [-0.39, 0.29) is 0 Å². The molecule has 0 radical (unpaired) electrons. The van der Waals surface area contributed by atoms with Gasteiger partial charge in [-0.15, -0.1) is 11.3 Å². The molecule has 17 heavy (non-hydrogen) atoms. The van der Waals surface area contributed by atoms with E-state index < -0.39 is 0 Å². The lowest BCUT2D eigenvalue weighted by atomic mass is 10.0. The van der Waals surface area contributed by atoms with Crippen molar-refractivity contribution in [3.05, 3.63) is 16.6 Å². The van der Waals surface area contributed by atoms with Crippen molar-refractivity contribution in [2.24, 2.45) is 5.92 Å². The average molecular weight is 251 g/mol. The normalized spacial score (nSPS) is 30.6. The van der Waals surface area contributed by atoms with E-state index in [1.54, 1.807) is 11.3 Å². The van der Waals surface area contributed by atoms with Gasteiger partial charge in [0.1, 0.15) is 5.01 Å². The van der Waals surface area contributed by atoms with Gasteiger partial charge in [-0.05, 0) is 25.2 Å². The summed E-state index contributed by atoms with van der Waals surface area (Å²) >= 11 is 1.79. The predicted molar refractivity (Wildman–Crippen MR) is 71.1 cm³/mol. The molecule has 1 saturated carbocycles. The Bertz CT molecular complexity index is 348. The van der Waals surface area contributed by atoms with Crippen LogP contribution in [0.25, 0.3) is 0 Å². The maximum atomic E-state index is 4.43. The van der Waals surface area contributed by atoms with Gasteiger partial charge in [0.15, 0.2) is 0 Å². The molecule has 3 nitrogen and oxygen atoms in total. The first-order valence-electron chi connectivity index (χ1n) is 6.72. The van der Waals surface area contributed by atoms with E-state index in [0.29, 0.717) is 6.04 Å². The standard InChI is InChI=1S/C13H21N3S/c1-2-11-8-16(9-13-14-5-6-17-13)12(7-15-11)10-3-4-10/h5-6,10-12,15H,2-4,7-9H2,1H3. The van der Waals surface area contributed by atoms with Gasteiger partial charge >= 0.3 is 0 Å². The van der Waals surface area contributed by atoms with Crippen molar-refractivity contribution in [1.82, 2.24) is 15.2 Å². The van der Waals surface area contributed by atoms with Crippen LogP contribution in [0.5, 0.6) is 0 Å². The van der Waals surface area contributed by atoms with Gasteiger partial charge in [0, 0.05) is 36.8 Å². The summed E-state index contributed by atoms with van der Waals surface area (Å²) in [4.78, 5) is 7.10. The van der Waals surface area contributed by atoms with Crippen molar-refractivity contribution in [3.8, 4) is 0 Å². The van der Waals surface area contributed by atoms with E-state index >= 15 is 0 Å². The number of thiazole rings is 1. The second-order valence-corrected chi connectivity index (χ2v) is 6.25. The highest BCUT2D eigenvalue weighted by Crippen LogP contribution is 2.37. The van der Waals surface area contributed by atoms with E-state index in [4.69, 9.17) is 0 Å². The summed E-state index contributed by atoms with van der Waals surface area (Å²) in [5.74, 6) is 0.945. The fraction of sp³-hybridized carbons (Fsp3) is 0.769. The molecule has 4 heteroatoms. The van der Waals surface area contributed by atoms with E-state index in [0.717, 1.165) is 18.5 Å². The minimum atomic E-state index is 0.671. The number of hydrogen-bond donors (Lipinski definition) is 1. The first-order valence-corrected chi connectivity index (χ1v) is 7.60. The van der Waals surface area contributed by atoms with Crippen LogP contribution in [-0.2, 0) is 6.54 Å². The number of hydrogen-bond acceptors (Lipinski definition) is 4. The lowest BCUT2D eigenvalue weighted by Crippen LogP contribution is -2.56.